The zero-order chi connectivity index (χ0) is 12.4. The van der Waals surface area contributed by atoms with Crippen molar-refractivity contribution in [3.8, 4) is 0 Å². The van der Waals surface area contributed by atoms with Crippen molar-refractivity contribution in [1.29, 1.82) is 0 Å². The molecule has 0 saturated heterocycles. The molecule has 0 rings (SSSR count). The average molecular weight is 229 g/mol. The first-order valence-electron chi connectivity index (χ1n) is 6.36. The second kappa shape index (κ2) is 9.64. The first kappa shape index (κ1) is 15.4. The van der Waals surface area contributed by atoms with Crippen LogP contribution in [-0.2, 0) is 9.53 Å². The Hall–Kier alpha value is -0.570. The van der Waals surface area contributed by atoms with Gasteiger partial charge in [-0.25, -0.2) is 0 Å². The fourth-order valence-electron chi connectivity index (χ4n) is 1.17. The SMILES string of the molecule is CC(C)CCNC(=O)CCOCCC(C)C. The highest BCUT2D eigenvalue weighted by Gasteiger charge is 2.01. The molecule has 96 valence electrons. The standard InChI is InChI=1S/C13H27NO2/c1-11(2)5-8-14-13(15)7-10-16-9-6-12(3)4/h11-12H,5-10H2,1-4H3,(H,14,15). The van der Waals surface area contributed by atoms with Crippen molar-refractivity contribution in [2.75, 3.05) is 19.8 Å². The normalized spacial score (nSPS) is 11.1. The Morgan fingerprint density at radius 2 is 1.69 bits per heavy atom. The topological polar surface area (TPSA) is 38.3 Å². The van der Waals surface area contributed by atoms with Crippen LogP contribution in [0.4, 0.5) is 0 Å². The van der Waals surface area contributed by atoms with E-state index in [0.29, 0.717) is 24.9 Å². The van der Waals surface area contributed by atoms with Crippen LogP contribution in [0.1, 0.15) is 47.0 Å². The lowest BCUT2D eigenvalue weighted by atomic mass is 10.1. The van der Waals surface area contributed by atoms with Gasteiger partial charge in [-0.15, -0.1) is 0 Å². The third kappa shape index (κ3) is 11.5. The Kier molecular flexibility index (Phi) is 9.30. The molecule has 0 fully saturated rings. The lowest BCUT2D eigenvalue weighted by molar-refractivity contribution is -0.122. The van der Waals surface area contributed by atoms with Crippen LogP contribution in [0.2, 0.25) is 0 Å². The van der Waals surface area contributed by atoms with E-state index in [1.807, 2.05) is 0 Å². The maximum Gasteiger partial charge on any atom is 0.222 e. The number of rotatable bonds is 9. The lowest BCUT2D eigenvalue weighted by Crippen LogP contribution is -2.26. The third-order valence-corrected chi connectivity index (χ3v) is 2.36. The summed E-state index contributed by atoms with van der Waals surface area (Å²) in [5.74, 6) is 1.41. The molecule has 3 nitrogen and oxygen atoms in total. The highest BCUT2D eigenvalue weighted by molar-refractivity contribution is 5.75. The van der Waals surface area contributed by atoms with Crippen LogP contribution >= 0.6 is 0 Å². The Labute approximate surface area is 99.9 Å². The van der Waals surface area contributed by atoms with Crippen LogP contribution in [0.5, 0.6) is 0 Å². The molecular weight excluding hydrogens is 202 g/mol. The molecule has 0 aromatic carbocycles. The van der Waals surface area contributed by atoms with Gasteiger partial charge in [-0.1, -0.05) is 27.7 Å². The van der Waals surface area contributed by atoms with E-state index in [1.54, 1.807) is 0 Å². The number of carbonyl (C=O) groups excluding carboxylic acids is 1. The van der Waals surface area contributed by atoms with Gasteiger partial charge in [-0.3, -0.25) is 4.79 Å². The van der Waals surface area contributed by atoms with Crippen LogP contribution in [0.3, 0.4) is 0 Å². The highest BCUT2D eigenvalue weighted by Crippen LogP contribution is 1.99. The van der Waals surface area contributed by atoms with Gasteiger partial charge in [0, 0.05) is 19.6 Å². The molecule has 0 radical (unpaired) electrons. The summed E-state index contributed by atoms with van der Waals surface area (Å²) in [4.78, 5) is 11.3. The highest BCUT2D eigenvalue weighted by atomic mass is 16.5. The Morgan fingerprint density at radius 3 is 2.25 bits per heavy atom. The van der Waals surface area contributed by atoms with E-state index in [1.165, 1.54) is 0 Å². The minimum atomic E-state index is 0.102. The van der Waals surface area contributed by atoms with Crippen molar-refractivity contribution in [2.24, 2.45) is 11.8 Å². The van der Waals surface area contributed by atoms with Crippen molar-refractivity contribution in [1.82, 2.24) is 5.32 Å². The molecule has 0 spiro atoms. The summed E-state index contributed by atoms with van der Waals surface area (Å²) in [6.45, 7) is 10.7. The molecule has 0 aliphatic heterocycles. The summed E-state index contributed by atoms with van der Waals surface area (Å²) in [6.07, 6.45) is 2.59. The summed E-state index contributed by atoms with van der Waals surface area (Å²) in [6, 6.07) is 0. The second-order valence-corrected chi connectivity index (χ2v) is 5.08. The minimum Gasteiger partial charge on any atom is -0.381 e. The average Bonchev–Trinajstić information content (AvgIpc) is 2.16. The van der Waals surface area contributed by atoms with Crippen LogP contribution < -0.4 is 5.32 Å². The first-order chi connectivity index (χ1) is 7.52. The minimum absolute atomic E-state index is 0.102. The van der Waals surface area contributed by atoms with E-state index in [2.05, 4.69) is 33.0 Å². The molecule has 0 saturated carbocycles. The predicted octanol–water partition coefficient (Wildman–Crippen LogP) is 2.60. The zero-order valence-electron chi connectivity index (χ0n) is 11.2. The number of ether oxygens (including phenoxy) is 1. The molecule has 0 heterocycles. The van der Waals surface area contributed by atoms with Gasteiger partial charge in [0.25, 0.3) is 0 Å². The Balaban J connectivity index is 3.24. The van der Waals surface area contributed by atoms with E-state index in [0.717, 1.165) is 26.0 Å². The molecule has 0 bridgehead atoms. The predicted molar refractivity (Wildman–Crippen MR) is 67.4 cm³/mol. The molecule has 16 heavy (non-hydrogen) atoms. The maximum atomic E-state index is 11.3. The monoisotopic (exact) mass is 229 g/mol. The maximum absolute atomic E-state index is 11.3. The van der Waals surface area contributed by atoms with E-state index in [4.69, 9.17) is 4.74 Å². The molecule has 0 aromatic heterocycles. The number of hydrogen-bond acceptors (Lipinski definition) is 2. The van der Waals surface area contributed by atoms with E-state index in [9.17, 15) is 4.79 Å². The molecule has 0 atom stereocenters. The molecule has 0 aliphatic rings. The first-order valence-corrected chi connectivity index (χ1v) is 6.36. The Bertz CT molecular complexity index is 179. The summed E-state index contributed by atoms with van der Waals surface area (Å²) in [7, 11) is 0. The number of carbonyl (C=O) groups is 1. The quantitative estimate of drug-likeness (QED) is 0.617. The largest absolute Gasteiger partial charge is 0.381 e. The smallest absolute Gasteiger partial charge is 0.222 e. The van der Waals surface area contributed by atoms with Gasteiger partial charge < -0.3 is 10.1 Å². The molecular formula is C13H27NO2. The van der Waals surface area contributed by atoms with Crippen molar-refractivity contribution in [3.63, 3.8) is 0 Å². The molecule has 0 aromatic rings. The molecule has 1 N–H and O–H groups in total. The number of nitrogens with one attached hydrogen (secondary N) is 1. The van der Waals surface area contributed by atoms with Gasteiger partial charge >= 0.3 is 0 Å². The van der Waals surface area contributed by atoms with Crippen molar-refractivity contribution >= 4 is 5.91 Å². The fraction of sp³-hybridized carbons (Fsp3) is 0.923. The number of amides is 1. The molecule has 1 amide bonds. The van der Waals surface area contributed by atoms with Gasteiger partial charge in [0.1, 0.15) is 0 Å². The van der Waals surface area contributed by atoms with E-state index < -0.39 is 0 Å². The van der Waals surface area contributed by atoms with Crippen molar-refractivity contribution in [3.05, 3.63) is 0 Å². The summed E-state index contributed by atoms with van der Waals surface area (Å²) >= 11 is 0. The van der Waals surface area contributed by atoms with Crippen LogP contribution in [0.25, 0.3) is 0 Å². The molecule has 0 aliphatic carbocycles. The second-order valence-electron chi connectivity index (χ2n) is 5.08. The van der Waals surface area contributed by atoms with Gasteiger partial charge in [0.05, 0.1) is 6.61 Å². The van der Waals surface area contributed by atoms with Gasteiger partial charge in [-0.2, -0.15) is 0 Å². The van der Waals surface area contributed by atoms with Crippen molar-refractivity contribution < 1.29 is 9.53 Å². The van der Waals surface area contributed by atoms with Crippen LogP contribution in [0, 0.1) is 11.8 Å². The van der Waals surface area contributed by atoms with Gasteiger partial charge in [0.2, 0.25) is 5.91 Å². The summed E-state index contributed by atoms with van der Waals surface area (Å²) < 4.78 is 5.38. The summed E-state index contributed by atoms with van der Waals surface area (Å²) in [5.41, 5.74) is 0. The molecule has 0 unspecified atom stereocenters. The van der Waals surface area contributed by atoms with E-state index >= 15 is 0 Å². The third-order valence-electron chi connectivity index (χ3n) is 2.36. The van der Waals surface area contributed by atoms with Gasteiger partial charge in [0.15, 0.2) is 0 Å². The summed E-state index contributed by atoms with van der Waals surface area (Å²) in [5, 5.41) is 2.89. The number of hydrogen-bond donors (Lipinski definition) is 1. The van der Waals surface area contributed by atoms with E-state index in [-0.39, 0.29) is 5.91 Å². The molecule has 3 heteroatoms. The van der Waals surface area contributed by atoms with Crippen molar-refractivity contribution in [2.45, 2.75) is 47.0 Å². The van der Waals surface area contributed by atoms with Crippen LogP contribution in [0.15, 0.2) is 0 Å². The fourth-order valence-corrected chi connectivity index (χ4v) is 1.17. The Morgan fingerprint density at radius 1 is 1.06 bits per heavy atom. The lowest BCUT2D eigenvalue weighted by Gasteiger charge is -2.08. The van der Waals surface area contributed by atoms with Crippen LogP contribution in [-0.4, -0.2) is 25.7 Å². The van der Waals surface area contributed by atoms with Gasteiger partial charge in [-0.05, 0) is 24.7 Å². The zero-order valence-corrected chi connectivity index (χ0v) is 11.2.